The molecule has 2 heterocycles. The second-order valence-electron chi connectivity index (χ2n) is 4.93. The van der Waals surface area contributed by atoms with Crippen molar-refractivity contribution in [3.8, 4) is 5.75 Å². The molecule has 1 aromatic rings. The van der Waals surface area contributed by atoms with Crippen LogP contribution in [-0.4, -0.2) is 43.8 Å². The zero-order valence-corrected chi connectivity index (χ0v) is 14.8. The average Bonchev–Trinajstić information content (AvgIpc) is 2.93. The Morgan fingerprint density at radius 3 is 2.81 bits per heavy atom. The molecule has 1 fully saturated rings. The van der Waals surface area contributed by atoms with Crippen molar-refractivity contribution in [3.05, 3.63) is 28.3 Å². The SMILES string of the molecule is I.NC(=NCc1cc(Cl)cc2c1OCC2)N1CCOCC1. The van der Waals surface area contributed by atoms with Gasteiger partial charge in [0.1, 0.15) is 5.75 Å². The zero-order chi connectivity index (χ0) is 13.9. The van der Waals surface area contributed by atoms with Gasteiger partial charge >= 0.3 is 0 Å². The fraction of sp³-hybridized carbons (Fsp3) is 0.500. The van der Waals surface area contributed by atoms with E-state index in [4.69, 9.17) is 26.8 Å². The first-order valence-corrected chi connectivity index (χ1v) is 7.18. The molecule has 1 saturated heterocycles. The molecule has 0 aromatic heterocycles. The highest BCUT2D eigenvalue weighted by molar-refractivity contribution is 14.0. The Hall–Kier alpha value is -0.730. The van der Waals surface area contributed by atoms with E-state index >= 15 is 0 Å². The third-order valence-corrected chi connectivity index (χ3v) is 3.79. The summed E-state index contributed by atoms with van der Waals surface area (Å²) in [5, 5.41) is 0.726. The van der Waals surface area contributed by atoms with Crippen LogP contribution in [0.5, 0.6) is 5.75 Å². The fourth-order valence-electron chi connectivity index (χ4n) is 2.52. The molecular weight excluding hydrogens is 405 g/mol. The number of halogens is 2. The Morgan fingerprint density at radius 1 is 1.29 bits per heavy atom. The predicted octanol–water partition coefficient (Wildman–Crippen LogP) is 2.04. The van der Waals surface area contributed by atoms with Crippen LogP contribution in [0.4, 0.5) is 0 Å². The van der Waals surface area contributed by atoms with Crippen molar-refractivity contribution in [1.82, 2.24) is 4.90 Å². The Balaban J connectivity index is 0.00000161. The van der Waals surface area contributed by atoms with Gasteiger partial charge in [-0.15, -0.1) is 24.0 Å². The Morgan fingerprint density at radius 2 is 2.05 bits per heavy atom. The molecule has 2 aliphatic rings. The molecule has 1 aromatic carbocycles. The van der Waals surface area contributed by atoms with Gasteiger partial charge in [0.2, 0.25) is 0 Å². The molecule has 0 saturated carbocycles. The van der Waals surface area contributed by atoms with Gasteiger partial charge in [0.25, 0.3) is 0 Å². The van der Waals surface area contributed by atoms with E-state index in [0.717, 1.165) is 41.4 Å². The van der Waals surface area contributed by atoms with Crippen molar-refractivity contribution in [2.45, 2.75) is 13.0 Å². The van der Waals surface area contributed by atoms with Crippen LogP contribution in [0.3, 0.4) is 0 Å². The molecule has 2 aliphatic heterocycles. The highest BCUT2D eigenvalue weighted by atomic mass is 127. The molecule has 5 nitrogen and oxygen atoms in total. The maximum absolute atomic E-state index is 6.13. The first-order valence-electron chi connectivity index (χ1n) is 6.81. The van der Waals surface area contributed by atoms with Crippen LogP contribution in [0.25, 0.3) is 0 Å². The van der Waals surface area contributed by atoms with Crippen LogP contribution in [-0.2, 0) is 17.7 Å². The predicted molar refractivity (Wildman–Crippen MR) is 93.8 cm³/mol. The van der Waals surface area contributed by atoms with Crippen LogP contribution < -0.4 is 10.5 Å². The van der Waals surface area contributed by atoms with Crippen molar-refractivity contribution in [1.29, 1.82) is 0 Å². The molecule has 0 amide bonds. The quantitative estimate of drug-likeness (QED) is 0.449. The molecule has 0 unspecified atom stereocenters. The van der Waals surface area contributed by atoms with E-state index in [2.05, 4.69) is 4.99 Å². The van der Waals surface area contributed by atoms with Crippen LogP contribution in [0, 0.1) is 0 Å². The number of nitrogens with zero attached hydrogens (tertiary/aromatic N) is 2. The number of hydrogen-bond donors (Lipinski definition) is 1. The molecular formula is C14H19ClIN3O2. The molecule has 0 aliphatic carbocycles. The van der Waals surface area contributed by atoms with Gasteiger partial charge in [0.15, 0.2) is 5.96 Å². The van der Waals surface area contributed by atoms with Crippen LogP contribution >= 0.6 is 35.6 Å². The minimum absolute atomic E-state index is 0. The average molecular weight is 424 g/mol. The molecule has 21 heavy (non-hydrogen) atoms. The second-order valence-corrected chi connectivity index (χ2v) is 5.36. The van der Waals surface area contributed by atoms with Crippen LogP contribution in [0.2, 0.25) is 5.02 Å². The number of ether oxygens (including phenoxy) is 2. The Bertz CT molecular complexity index is 533. The summed E-state index contributed by atoms with van der Waals surface area (Å²) in [5.41, 5.74) is 8.19. The molecule has 2 N–H and O–H groups in total. The first-order chi connectivity index (χ1) is 9.74. The van der Waals surface area contributed by atoms with E-state index in [9.17, 15) is 0 Å². The van der Waals surface area contributed by atoms with Gasteiger partial charge in [0.05, 0.1) is 26.4 Å². The number of fused-ring (bicyclic) bond motifs is 1. The van der Waals surface area contributed by atoms with Gasteiger partial charge in [-0.1, -0.05) is 11.6 Å². The summed E-state index contributed by atoms with van der Waals surface area (Å²) in [4.78, 5) is 6.50. The zero-order valence-electron chi connectivity index (χ0n) is 11.7. The highest BCUT2D eigenvalue weighted by Gasteiger charge is 2.18. The van der Waals surface area contributed by atoms with Crippen molar-refractivity contribution in [3.63, 3.8) is 0 Å². The van der Waals surface area contributed by atoms with Crippen molar-refractivity contribution in [2.24, 2.45) is 10.7 Å². The van der Waals surface area contributed by atoms with E-state index in [1.54, 1.807) is 0 Å². The smallest absolute Gasteiger partial charge is 0.191 e. The summed E-state index contributed by atoms with van der Waals surface area (Å²) in [6.45, 7) is 4.19. The van der Waals surface area contributed by atoms with Crippen LogP contribution in [0.15, 0.2) is 17.1 Å². The van der Waals surface area contributed by atoms with E-state index in [1.165, 1.54) is 0 Å². The Kier molecular flexibility index (Phi) is 5.95. The van der Waals surface area contributed by atoms with Gasteiger partial charge < -0.3 is 20.1 Å². The highest BCUT2D eigenvalue weighted by Crippen LogP contribution is 2.33. The molecule has 0 bridgehead atoms. The topological polar surface area (TPSA) is 60.1 Å². The normalized spacial score (nSPS) is 18.0. The lowest BCUT2D eigenvalue weighted by Gasteiger charge is -2.27. The monoisotopic (exact) mass is 423 g/mol. The number of hydrogen-bond acceptors (Lipinski definition) is 3. The molecule has 3 rings (SSSR count). The second kappa shape index (κ2) is 7.51. The third-order valence-electron chi connectivity index (χ3n) is 3.57. The van der Waals surface area contributed by atoms with E-state index in [0.29, 0.717) is 32.3 Å². The summed E-state index contributed by atoms with van der Waals surface area (Å²) < 4.78 is 11.0. The van der Waals surface area contributed by atoms with Crippen molar-refractivity contribution >= 4 is 41.5 Å². The largest absolute Gasteiger partial charge is 0.493 e. The Labute approximate surface area is 146 Å². The van der Waals surface area contributed by atoms with E-state index in [-0.39, 0.29) is 24.0 Å². The minimum Gasteiger partial charge on any atom is -0.493 e. The van der Waals surface area contributed by atoms with E-state index < -0.39 is 0 Å². The van der Waals surface area contributed by atoms with Gasteiger partial charge in [-0.2, -0.15) is 0 Å². The number of nitrogens with two attached hydrogens (primary N) is 1. The standard InChI is InChI=1S/C14H18ClN3O2.HI/c15-12-7-10-1-4-20-13(10)11(8-12)9-17-14(16)18-2-5-19-6-3-18;/h7-8H,1-6,9H2,(H2,16,17);1H. The fourth-order valence-corrected chi connectivity index (χ4v) is 2.79. The maximum Gasteiger partial charge on any atom is 0.191 e. The number of guanidine groups is 1. The maximum atomic E-state index is 6.13. The number of aliphatic imine (C=N–C) groups is 1. The molecule has 116 valence electrons. The van der Waals surface area contributed by atoms with Crippen LogP contribution in [0.1, 0.15) is 11.1 Å². The van der Waals surface area contributed by atoms with Gasteiger partial charge in [0, 0.05) is 30.1 Å². The number of morpholine rings is 1. The molecule has 0 radical (unpaired) electrons. The lowest BCUT2D eigenvalue weighted by Crippen LogP contribution is -2.44. The summed E-state index contributed by atoms with van der Waals surface area (Å²) in [5.74, 6) is 1.48. The molecule has 7 heteroatoms. The lowest BCUT2D eigenvalue weighted by molar-refractivity contribution is 0.0674. The molecule has 0 spiro atoms. The van der Waals surface area contributed by atoms with Gasteiger partial charge in [-0.3, -0.25) is 0 Å². The number of benzene rings is 1. The molecule has 0 atom stereocenters. The first kappa shape index (κ1) is 16.6. The summed E-state index contributed by atoms with van der Waals surface area (Å²) >= 11 is 6.13. The summed E-state index contributed by atoms with van der Waals surface area (Å²) in [7, 11) is 0. The van der Waals surface area contributed by atoms with E-state index in [1.807, 2.05) is 17.0 Å². The number of rotatable bonds is 2. The van der Waals surface area contributed by atoms with Gasteiger partial charge in [-0.05, 0) is 17.7 Å². The summed E-state index contributed by atoms with van der Waals surface area (Å²) in [6.07, 6.45) is 0.908. The van der Waals surface area contributed by atoms with Crippen molar-refractivity contribution in [2.75, 3.05) is 32.9 Å². The van der Waals surface area contributed by atoms with Gasteiger partial charge in [-0.25, -0.2) is 4.99 Å². The van der Waals surface area contributed by atoms with Crippen molar-refractivity contribution < 1.29 is 9.47 Å². The lowest BCUT2D eigenvalue weighted by atomic mass is 10.1. The summed E-state index contributed by atoms with van der Waals surface area (Å²) in [6, 6.07) is 3.87. The minimum atomic E-state index is 0. The third kappa shape index (κ3) is 3.92.